The molecule has 0 atom stereocenters. The Morgan fingerprint density at radius 1 is 1.38 bits per heavy atom. The van der Waals surface area contributed by atoms with Gasteiger partial charge in [0.15, 0.2) is 4.77 Å². The molecule has 0 bridgehead atoms. The third kappa shape index (κ3) is 3.57. The van der Waals surface area contributed by atoms with Crippen LogP contribution in [0.15, 0.2) is 24.3 Å². The van der Waals surface area contributed by atoms with Crippen LogP contribution in [-0.2, 0) is 13.2 Å². The van der Waals surface area contributed by atoms with E-state index in [1.807, 2.05) is 42.9 Å². The number of carbonyl (C=O) groups is 1. The van der Waals surface area contributed by atoms with Gasteiger partial charge in [0.1, 0.15) is 5.82 Å². The molecule has 7 heteroatoms. The molecule has 3 rings (SSSR count). The number of amides is 1. The molecule has 1 N–H and O–H groups in total. The van der Waals surface area contributed by atoms with Crippen molar-refractivity contribution in [2.45, 2.75) is 39.0 Å². The van der Waals surface area contributed by atoms with Crippen LogP contribution in [0.1, 0.15) is 40.6 Å². The minimum atomic E-state index is -0.0673. The first-order valence-electron chi connectivity index (χ1n) is 8.15. The summed E-state index contributed by atoms with van der Waals surface area (Å²) in [5, 5.41) is 7.21. The molecule has 0 unspecified atom stereocenters. The van der Waals surface area contributed by atoms with Gasteiger partial charge < -0.3 is 9.88 Å². The molecule has 6 nitrogen and oxygen atoms in total. The predicted molar refractivity (Wildman–Crippen MR) is 95.4 cm³/mol. The van der Waals surface area contributed by atoms with E-state index < -0.39 is 0 Å². The van der Waals surface area contributed by atoms with E-state index in [1.165, 1.54) is 12.8 Å². The highest BCUT2D eigenvalue weighted by Crippen LogP contribution is 2.35. The Bertz CT molecular complexity index is 788. The first kappa shape index (κ1) is 16.9. The predicted octanol–water partition coefficient (Wildman–Crippen LogP) is 2.51. The lowest BCUT2D eigenvalue weighted by Gasteiger charge is -2.16. The SMILES string of the molecule is CNC(=O)c1ccc(CN(C)Cn2nc(C)n(C3CC3)c2=S)cc1. The van der Waals surface area contributed by atoms with Gasteiger partial charge in [0.25, 0.3) is 5.91 Å². The van der Waals surface area contributed by atoms with Crippen LogP contribution < -0.4 is 5.32 Å². The van der Waals surface area contributed by atoms with Gasteiger partial charge in [-0.1, -0.05) is 12.1 Å². The molecule has 1 aromatic heterocycles. The maximum Gasteiger partial charge on any atom is 0.251 e. The standard InChI is InChI=1S/C17H23N5OS/c1-12-19-21(17(24)22(12)15-8-9-15)11-20(3)10-13-4-6-14(7-5-13)16(23)18-2/h4-7,15H,8-11H2,1-3H3,(H,18,23). The van der Waals surface area contributed by atoms with Crippen molar-refractivity contribution in [2.24, 2.45) is 0 Å². The zero-order chi connectivity index (χ0) is 17.3. The molecule has 1 fully saturated rings. The minimum absolute atomic E-state index is 0.0673. The molecule has 0 aliphatic heterocycles. The fourth-order valence-electron chi connectivity index (χ4n) is 2.87. The van der Waals surface area contributed by atoms with E-state index in [4.69, 9.17) is 12.2 Å². The molecule has 2 aromatic rings. The summed E-state index contributed by atoms with van der Waals surface area (Å²) in [7, 11) is 3.68. The molecular formula is C17H23N5OS. The smallest absolute Gasteiger partial charge is 0.251 e. The lowest BCUT2D eigenvalue weighted by molar-refractivity contribution is 0.0963. The molecule has 1 amide bonds. The monoisotopic (exact) mass is 345 g/mol. The molecule has 1 aliphatic carbocycles. The minimum Gasteiger partial charge on any atom is -0.355 e. The molecular weight excluding hydrogens is 322 g/mol. The lowest BCUT2D eigenvalue weighted by atomic mass is 10.1. The number of aromatic nitrogens is 3. The van der Waals surface area contributed by atoms with Crippen LogP contribution in [-0.4, -0.2) is 39.3 Å². The summed E-state index contributed by atoms with van der Waals surface area (Å²) >= 11 is 5.56. The van der Waals surface area contributed by atoms with Gasteiger partial charge in [-0.05, 0) is 56.7 Å². The second-order valence-corrected chi connectivity index (χ2v) is 6.73. The largest absolute Gasteiger partial charge is 0.355 e. The Balaban J connectivity index is 1.65. The molecule has 1 aliphatic rings. The van der Waals surface area contributed by atoms with E-state index in [1.54, 1.807) is 7.05 Å². The van der Waals surface area contributed by atoms with E-state index in [0.29, 0.717) is 18.3 Å². The highest BCUT2D eigenvalue weighted by atomic mass is 32.1. The van der Waals surface area contributed by atoms with Crippen molar-refractivity contribution in [1.82, 2.24) is 24.6 Å². The zero-order valence-corrected chi connectivity index (χ0v) is 15.1. The van der Waals surface area contributed by atoms with Crippen molar-refractivity contribution in [1.29, 1.82) is 0 Å². The summed E-state index contributed by atoms with van der Waals surface area (Å²) in [6, 6.07) is 8.20. The first-order chi connectivity index (χ1) is 11.5. The maximum atomic E-state index is 11.6. The van der Waals surface area contributed by atoms with Gasteiger partial charge in [-0.15, -0.1) is 0 Å². The highest BCUT2D eigenvalue weighted by Gasteiger charge is 2.27. The fourth-order valence-corrected chi connectivity index (χ4v) is 3.25. The third-order valence-corrected chi connectivity index (χ3v) is 4.63. The lowest BCUT2D eigenvalue weighted by Crippen LogP contribution is -2.23. The average Bonchev–Trinajstić information content (AvgIpc) is 3.35. The van der Waals surface area contributed by atoms with Crippen LogP contribution in [0.2, 0.25) is 0 Å². The first-order valence-corrected chi connectivity index (χ1v) is 8.56. The van der Waals surface area contributed by atoms with E-state index in [0.717, 1.165) is 22.7 Å². The molecule has 0 radical (unpaired) electrons. The van der Waals surface area contributed by atoms with Gasteiger partial charge in [0, 0.05) is 25.2 Å². The Morgan fingerprint density at radius 2 is 2.04 bits per heavy atom. The Morgan fingerprint density at radius 3 is 2.62 bits per heavy atom. The summed E-state index contributed by atoms with van der Waals surface area (Å²) in [6.45, 7) is 3.43. The Labute approximate surface area is 147 Å². The quantitative estimate of drug-likeness (QED) is 0.818. The third-order valence-electron chi connectivity index (χ3n) is 4.22. The van der Waals surface area contributed by atoms with Crippen LogP contribution in [0.5, 0.6) is 0 Å². The summed E-state index contributed by atoms with van der Waals surface area (Å²) in [6.07, 6.45) is 2.41. The normalized spacial score (nSPS) is 14.2. The number of nitrogens with zero attached hydrogens (tertiary/aromatic N) is 4. The van der Waals surface area contributed by atoms with Gasteiger partial charge in [0.2, 0.25) is 0 Å². The van der Waals surface area contributed by atoms with Crippen LogP contribution >= 0.6 is 12.2 Å². The molecule has 128 valence electrons. The van der Waals surface area contributed by atoms with Crippen LogP contribution in [0.25, 0.3) is 0 Å². The Hall–Kier alpha value is -1.99. The molecule has 0 spiro atoms. The highest BCUT2D eigenvalue weighted by molar-refractivity contribution is 7.71. The molecule has 0 saturated heterocycles. The Kier molecular flexibility index (Phi) is 4.82. The average molecular weight is 345 g/mol. The number of hydrogen-bond donors (Lipinski definition) is 1. The van der Waals surface area contributed by atoms with Gasteiger partial charge >= 0.3 is 0 Å². The van der Waals surface area contributed by atoms with Crippen molar-refractivity contribution >= 4 is 18.1 Å². The van der Waals surface area contributed by atoms with Crippen molar-refractivity contribution < 1.29 is 4.79 Å². The summed E-state index contributed by atoms with van der Waals surface area (Å²) in [5.41, 5.74) is 1.82. The number of benzene rings is 1. The van der Waals surface area contributed by atoms with Gasteiger partial charge in [-0.25, -0.2) is 4.68 Å². The molecule has 24 heavy (non-hydrogen) atoms. The van der Waals surface area contributed by atoms with Crippen molar-refractivity contribution in [3.05, 3.63) is 46.0 Å². The number of hydrogen-bond acceptors (Lipinski definition) is 4. The van der Waals surface area contributed by atoms with Crippen LogP contribution in [0, 0.1) is 11.7 Å². The fraction of sp³-hybridized carbons (Fsp3) is 0.471. The van der Waals surface area contributed by atoms with Crippen molar-refractivity contribution in [3.63, 3.8) is 0 Å². The van der Waals surface area contributed by atoms with Crippen molar-refractivity contribution in [3.8, 4) is 0 Å². The second-order valence-electron chi connectivity index (χ2n) is 6.36. The van der Waals surface area contributed by atoms with Gasteiger partial charge in [0.05, 0.1) is 6.67 Å². The van der Waals surface area contributed by atoms with Crippen LogP contribution in [0.3, 0.4) is 0 Å². The number of aryl methyl sites for hydroxylation is 1. The van der Waals surface area contributed by atoms with E-state index in [2.05, 4.69) is 19.9 Å². The number of rotatable bonds is 6. The maximum absolute atomic E-state index is 11.6. The molecule has 1 aromatic carbocycles. The van der Waals surface area contributed by atoms with Gasteiger partial charge in [-0.3, -0.25) is 9.69 Å². The van der Waals surface area contributed by atoms with Crippen LogP contribution in [0.4, 0.5) is 0 Å². The van der Waals surface area contributed by atoms with E-state index >= 15 is 0 Å². The molecule has 1 heterocycles. The topological polar surface area (TPSA) is 55.1 Å². The summed E-state index contributed by atoms with van der Waals surface area (Å²) in [5.74, 6) is 0.924. The molecule has 1 saturated carbocycles. The number of carbonyl (C=O) groups excluding carboxylic acids is 1. The second kappa shape index (κ2) is 6.86. The summed E-state index contributed by atoms with van der Waals surface area (Å²) in [4.78, 5) is 13.7. The number of nitrogens with one attached hydrogen (secondary N) is 1. The van der Waals surface area contributed by atoms with Gasteiger partial charge in [-0.2, -0.15) is 5.10 Å². The van der Waals surface area contributed by atoms with E-state index in [9.17, 15) is 4.79 Å². The van der Waals surface area contributed by atoms with E-state index in [-0.39, 0.29) is 5.91 Å². The van der Waals surface area contributed by atoms with Crippen molar-refractivity contribution in [2.75, 3.05) is 14.1 Å². The zero-order valence-electron chi connectivity index (χ0n) is 14.3. The summed E-state index contributed by atoms with van der Waals surface area (Å²) < 4.78 is 4.86.